The molecule has 1 N–H and O–H groups in total. The van der Waals surface area contributed by atoms with E-state index in [0.717, 1.165) is 12.4 Å². The van der Waals surface area contributed by atoms with Crippen molar-refractivity contribution in [3.63, 3.8) is 0 Å². The van der Waals surface area contributed by atoms with E-state index < -0.39 is 0 Å². The summed E-state index contributed by atoms with van der Waals surface area (Å²) in [5, 5.41) is 3.12. The number of anilines is 1. The van der Waals surface area contributed by atoms with Crippen LogP contribution < -0.4 is 10.8 Å². The van der Waals surface area contributed by atoms with Crippen LogP contribution >= 0.6 is 0 Å². The van der Waals surface area contributed by atoms with Gasteiger partial charge in [-0.25, -0.2) is 4.98 Å². The summed E-state index contributed by atoms with van der Waals surface area (Å²) in [4.78, 5) is 4.16. The fraction of sp³-hybridized carbons (Fsp3) is 0.286. The maximum absolute atomic E-state index is 4.16. The molecule has 1 rings (SSSR count). The molecule has 0 bridgehead atoms. The lowest BCUT2D eigenvalue weighted by atomic mass is 9.99. The molecule has 0 atom stereocenters. The van der Waals surface area contributed by atoms with Gasteiger partial charge < -0.3 is 5.32 Å². The molecule has 0 fully saturated rings. The van der Waals surface area contributed by atoms with E-state index in [1.54, 1.807) is 0 Å². The van der Waals surface area contributed by atoms with Gasteiger partial charge in [0.15, 0.2) is 0 Å². The van der Waals surface area contributed by atoms with Crippen LogP contribution in [0.4, 0.5) is 5.82 Å². The zero-order chi connectivity index (χ0) is 7.40. The third-order valence-electron chi connectivity index (χ3n) is 1.27. The summed E-state index contributed by atoms with van der Waals surface area (Å²) >= 11 is 0. The second kappa shape index (κ2) is 3.25. The van der Waals surface area contributed by atoms with Gasteiger partial charge in [-0.15, -0.1) is 0 Å². The van der Waals surface area contributed by atoms with Gasteiger partial charge in [0, 0.05) is 12.7 Å². The fourth-order valence-corrected chi connectivity index (χ4v) is 0.753. The van der Waals surface area contributed by atoms with Crippen LogP contribution in [0.25, 0.3) is 0 Å². The molecule has 2 nitrogen and oxygen atoms in total. The van der Waals surface area contributed by atoms with Crippen molar-refractivity contribution in [3.05, 3.63) is 18.3 Å². The highest BCUT2D eigenvalue weighted by Crippen LogP contribution is 1.95. The summed E-state index contributed by atoms with van der Waals surface area (Å²) < 4.78 is 0. The van der Waals surface area contributed by atoms with E-state index in [-0.39, 0.29) is 0 Å². The molecule has 0 amide bonds. The molecule has 3 heteroatoms. The molecule has 0 radical (unpaired) electrons. The number of hydrogen-bond donors (Lipinski definition) is 1. The minimum atomic E-state index is 0.927. The van der Waals surface area contributed by atoms with Crippen LogP contribution in [0.2, 0.25) is 0 Å². The van der Waals surface area contributed by atoms with E-state index in [9.17, 15) is 0 Å². The molecule has 0 unspecified atom stereocenters. The molecule has 1 aromatic heterocycles. The number of hydrogen-bond acceptors (Lipinski definition) is 2. The SMILES string of the molecule is Bc1ccc(NCC)nc1. The lowest BCUT2D eigenvalue weighted by Gasteiger charge is -2.00. The van der Waals surface area contributed by atoms with Gasteiger partial charge in [-0.3, -0.25) is 0 Å². The van der Waals surface area contributed by atoms with Crippen molar-refractivity contribution in [1.82, 2.24) is 4.98 Å². The van der Waals surface area contributed by atoms with E-state index in [1.165, 1.54) is 5.46 Å². The van der Waals surface area contributed by atoms with Crippen LogP contribution in [0.15, 0.2) is 18.3 Å². The molecule has 0 saturated carbocycles. The molecular weight excluding hydrogens is 123 g/mol. The monoisotopic (exact) mass is 134 g/mol. The molecule has 0 aliphatic rings. The second-order valence-electron chi connectivity index (χ2n) is 2.25. The van der Waals surface area contributed by atoms with Crippen molar-refractivity contribution >= 4 is 19.1 Å². The first-order chi connectivity index (χ1) is 4.83. The maximum Gasteiger partial charge on any atom is 0.141 e. The Morgan fingerprint density at radius 3 is 2.90 bits per heavy atom. The Bertz CT molecular complexity index is 195. The zero-order valence-electron chi connectivity index (χ0n) is 6.39. The Labute approximate surface area is 62.1 Å². The Hall–Kier alpha value is -0.985. The highest BCUT2D eigenvalue weighted by atomic mass is 15.0. The summed E-state index contributed by atoms with van der Waals surface area (Å²) in [7, 11) is 2.03. The molecule has 0 aliphatic carbocycles. The second-order valence-corrected chi connectivity index (χ2v) is 2.25. The molecule has 52 valence electrons. The molecule has 10 heavy (non-hydrogen) atoms. The smallest absolute Gasteiger partial charge is 0.141 e. The van der Waals surface area contributed by atoms with Crippen LogP contribution in [0.5, 0.6) is 0 Å². The van der Waals surface area contributed by atoms with E-state index in [0.29, 0.717) is 0 Å². The number of nitrogens with one attached hydrogen (secondary N) is 1. The average Bonchev–Trinajstić information content (AvgIpc) is 1.95. The zero-order valence-corrected chi connectivity index (χ0v) is 6.39. The molecule has 0 spiro atoms. The van der Waals surface area contributed by atoms with Gasteiger partial charge in [-0.1, -0.05) is 11.5 Å². The van der Waals surface area contributed by atoms with E-state index in [1.807, 2.05) is 26.2 Å². The van der Waals surface area contributed by atoms with Gasteiger partial charge in [0.25, 0.3) is 0 Å². The minimum Gasteiger partial charge on any atom is -0.370 e. The van der Waals surface area contributed by atoms with Crippen LogP contribution in [0.3, 0.4) is 0 Å². The third kappa shape index (κ3) is 1.76. The van der Waals surface area contributed by atoms with Crippen molar-refractivity contribution in [1.29, 1.82) is 0 Å². The predicted molar refractivity (Wildman–Crippen MR) is 46.6 cm³/mol. The Morgan fingerprint density at radius 1 is 1.60 bits per heavy atom. The third-order valence-corrected chi connectivity index (χ3v) is 1.27. The highest BCUT2D eigenvalue weighted by molar-refractivity contribution is 6.32. The van der Waals surface area contributed by atoms with Gasteiger partial charge in [0.2, 0.25) is 0 Å². The van der Waals surface area contributed by atoms with Crippen molar-refractivity contribution in [2.45, 2.75) is 6.92 Å². The first-order valence-electron chi connectivity index (χ1n) is 3.49. The standard InChI is InChI=1S/C7H11BN2/c1-2-9-7-4-3-6(8)5-10-7/h3-5H,2,8H2,1H3,(H,9,10). The van der Waals surface area contributed by atoms with Crippen molar-refractivity contribution < 1.29 is 0 Å². The Morgan fingerprint density at radius 2 is 2.40 bits per heavy atom. The molecule has 0 saturated heterocycles. The Balaban J connectivity index is 2.69. The van der Waals surface area contributed by atoms with Gasteiger partial charge in [0.05, 0.1) is 0 Å². The summed E-state index contributed by atoms with van der Waals surface area (Å²) in [5.74, 6) is 0.952. The number of aromatic nitrogens is 1. The normalized spacial score (nSPS) is 9.30. The summed E-state index contributed by atoms with van der Waals surface area (Å²) in [6.45, 7) is 2.98. The topological polar surface area (TPSA) is 24.9 Å². The first kappa shape index (κ1) is 7.13. The number of rotatable bonds is 2. The molecule has 0 aliphatic heterocycles. The first-order valence-corrected chi connectivity index (χ1v) is 3.49. The number of nitrogens with zero attached hydrogens (tertiary/aromatic N) is 1. The largest absolute Gasteiger partial charge is 0.370 e. The van der Waals surface area contributed by atoms with Gasteiger partial charge in [0.1, 0.15) is 13.7 Å². The van der Waals surface area contributed by atoms with Crippen LogP contribution in [-0.2, 0) is 0 Å². The number of pyridine rings is 1. The van der Waals surface area contributed by atoms with Crippen LogP contribution in [-0.4, -0.2) is 19.4 Å². The molecular formula is C7H11BN2. The Kier molecular flexibility index (Phi) is 2.32. The minimum absolute atomic E-state index is 0.927. The maximum atomic E-state index is 4.16. The lowest BCUT2D eigenvalue weighted by Crippen LogP contribution is -2.05. The van der Waals surface area contributed by atoms with E-state index in [4.69, 9.17) is 0 Å². The molecule has 1 aromatic rings. The van der Waals surface area contributed by atoms with Gasteiger partial charge >= 0.3 is 0 Å². The van der Waals surface area contributed by atoms with Crippen molar-refractivity contribution in [2.75, 3.05) is 11.9 Å². The van der Waals surface area contributed by atoms with Gasteiger partial charge in [-0.2, -0.15) is 0 Å². The summed E-state index contributed by atoms with van der Waals surface area (Å²) in [6.07, 6.45) is 1.86. The lowest BCUT2D eigenvalue weighted by molar-refractivity contribution is 1.16. The molecule has 1 heterocycles. The quantitative estimate of drug-likeness (QED) is 0.565. The van der Waals surface area contributed by atoms with Crippen LogP contribution in [0, 0.1) is 0 Å². The molecule has 0 aromatic carbocycles. The van der Waals surface area contributed by atoms with Crippen LogP contribution in [0.1, 0.15) is 6.92 Å². The highest BCUT2D eigenvalue weighted by Gasteiger charge is 1.87. The summed E-state index contributed by atoms with van der Waals surface area (Å²) in [5.41, 5.74) is 1.20. The van der Waals surface area contributed by atoms with E-state index >= 15 is 0 Å². The fourth-order valence-electron chi connectivity index (χ4n) is 0.753. The van der Waals surface area contributed by atoms with Crippen molar-refractivity contribution in [3.8, 4) is 0 Å². The summed E-state index contributed by atoms with van der Waals surface area (Å²) in [6, 6.07) is 4.03. The average molecular weight is 134 g/mol. The van der Waals surface area contributed by atoms with E-state index in [2.05, 4.69) is 17.2 Å². The van der Waals surface area contributed by atoms with Gasteiger partial charge in [-0.05, 0) is 13.0 Å². The predicted octanol–water partition coefficient (Wildman–Crippen LogP) is -0.228. The van der Waals surface area contributed by atoms with Crippen molar-refractivity contribution in [2.24, 2.45) is 0 Å².